The smallest absolute Gasteiger partial charge is 0.407 e. The summed E-state index contributed by atoms with van der Waals surface area (Å²) in [6, 6.07) is 11.4. The second-order valence-electron chi connectivity index (χ2n) is 8.43. The Morgan fingerprint density at radius 3 is 2.64 bits per heavy atom. The first-order valence-electron chi connectivity index (χ1n) is 9.31. The van der Waals surface area contributed by atoms with Crippen LogP contribution >= 0.6 is 0 Å². The molecule has 0 spiro atoms. The fraction of sp³-hybridized carbons (Fsp3) is 0.409. The zero-order valence-corrected chi connectivity index (χ0v) is 16.5. The third-order valence-corrected chi connectivity index (χ3v) is 5.07. The van der Waals surface area contributed by atoms with Crippen LogP contribution in [0.1, 0.15) is 39.2 Å². The minimum atomic E-state index is -0.903. The number of benzene rings is 1. The predicted octanol–water partition coefficient (Wildman–Crippen LogP) is 4.56. The molecule has 1 heterocycles. The molecule has 2 aromatic rings. The highest BCUT2D eigenvalue weighted by Crippen LogP contribution is 2.47. The van der Waals surface area contributed by atoms with Gasteiger partial charge in [-0.3, -0.25) is 4.98 Å². The van der Waals surface area contributed by atoms with Crippen molar-refractivity contribution in [3.05, 3.63) is 48.3 Å². The van der Waals surface area contributed by atoms with Gasteiger partial charge in [-0.1, -0.05) is 12.1 Å². The van der Waals surface area contributed by atoms with E-state index >= 15 is 0 Å². The number of ether oxygens (including phenoxy) is 1. The Bertz CT molecular complexity index is 908. The van der Waals surface area contributed by atoms with E-state index in [1.807, 2.05) is 45.0 Å². The molecule has 0 atom stereocenters. The highest BCUT2D eigenvalue weighted by Gasteiger charge is 2.47. The van der Waals surface area contributed by atoms with Crippen molar-refractivity contribution in [3.63, 3.8) is 0 Å². The third kappa shape index (κ3) is 4.61. The van der Waals surface area contributed by atoms with Gasteiger partial charge in [0.1, 0.15) is 5.75 Å². The van der Waals surface area contributed by atoms with Gasteiger partial charge in [-0.2, -0.15) is 5.26 Å². The molecule has 0 radical (unpaired) electrons. The van der Waals surface area contributed by atoms with Crippen LogP contribution in [0.3, 0.4) is 0 Å². The zero-order valence-electron chi connectivity index (χ0n) is 16.5. The van der Waals surface area contributed by atoms with Gasteiger partial charge in [0.15, 0.2) is 0 Å². The number of amides is 1. The number of carboxylic acid groups (broad SMARTS) is 1. The molecule has 146 valence electrons. The molecule has 3 rings (SSSR count). The first-order chi connectivity index (χ1) is 13.2. The van der Waals surface area contributed by atoms with Crippen molar-refractivity contribution in [2.75, 3.05) is 13.2 Å². The second kappa shape index (κ2) is 7.51. The lowest BCUT2D eigenvalue weighted by Gasteiger charge is -2.36. The highest BCUT2D eigenvalue weighted by atomic mass is 16.5. The lowest BCUT2D eigenvalue weighted by molar-refractivity contribution is 0.0746. The summed E-state index contributed by atoms with van der Waals surface area (Å²) in [5, 5.41) is 18.6. The fourth-order valence-corrected chi connectivity index (χ4v) is 3.11. The van der Waals surface area contributed by atoms with Crippen molar-refractivity contribution in [2.45, 2.75) is 39.2 Å². The Hall–Kier alpha value is -3.07. The minimum Gasteiger partial charge on any atom is -0.491 e. The molecular formula is C22H25N3O3. The van der Waals surface area contributed by atoms with Gasteiger partial charge in [0.2, 0.25) is 0 Å². The van der Waals surface area contributed by atoms with E-state index in [1.54, 1.807) is 18.5 Å². The molecule has 1 N–H and O–H groups in total. The van der Waals surface area contributed by atoms with E-state index in [0.717, 1.165) is 24.0 Å². The first kappa shape index (κ1) is 19.7. The second-order valence-corrected chi connectivity index (χ2v) is 8.43. The molecule has 0 bridgehead atoms. The maximum atomic E-state index is 11.6. The van der Waals surface area contributed by atoms with Crippen LogP contribution in [0.15, 0.2) is 42.7 Å². The maximum absolute atomic E-state index is 11.6. The van der Waals surface area contributed by atoms with Crippen molar-refractivity contribution in [1.29, 1.82) is 5.26 Å². The molecule has 1 saturated carbocycles. The molecule has 1 fully saturated rings. The van der Waals surface area contributed by atoms with Gasteiger partial charge in [-0.25, -0.2) is 4.79 Å². The molecule has 0 unspecified atom stereocenters. The number of hydrogen-bond acceptors (Lipinski definition) is 4. The molecule has 28 heavy (non-hydrogen) atoms. The van der Waals surface area contributed by atoms with Crippen molar-refractivity contribution in [1.82, 2.24) is 9.88 Å². The van der Waals surface area contributed by atoms with Crippen LogP contribution in [0.4, 0.5) is 4.79 Å². The monoisotopic (exact) mass is 379 g/mol. The summed E-state index contributed by atoms with van der Waals surface area (Å²) in [4.78, 5) is 17.4. The molecule has 1 aromatic heterocycles. The molecule has 6 nitrogen and oxygen atoms in total. The Morgan fingerprint density at radius 1 is 1.29 bits per heavy atom. The van der Waals surface area contributed by atoms with Gasteiger partial charge >= 0.3 is 6.09 Å². The molecule has 1 amide bonds. The van der Waals surface area contributed by atoms with Gasteiger partial charge in [-0.05, 0) is 57.4 Å². The predicted molar refractivity (Wildman–Crippen MR) is 106 cm³/mol. The number of rotatable bonds is 6. The van der Waals surface area contributed by atoms with Gasteiger partial charge in [0, 0.05) is 29.3 Å². The minimum absolute atomic E-state index is 0.137. The van der Waals surface area contributed by atoms with Crippen LogP contribution in [-0.4, -0.2) is 39.8 Å². The maximum Gasteiger partial charge on any atom is 0.407 e. The molecule has 6 heteroatoms. The van der Waals surface area contributed by atoms with Crippen LogP contribution in [0, 0.1) is 16.7 Å². The van der Waals surface area contributed by atoms with Crippen molar-refractivity contribution in [3.8, 4) is 22.9 Å². The van der Waals surface area contributed by atoms with Crippen LogP contribution < -0.4 is 4.74 Å². The van der Waals surface area contributed by atoms with Crippen LogP contribution in [0.25, 0.3) is 11.1 Å². The lowest BCUT2D eigenvalue weighted by atomic mass is 10.0. The lowest BCUT2D eigenvalue weighted by Crippen LogP contribution is -2.48. The summed E-state index contributed by atoms with van der Waals surface area (Å²) in [5.74, 6) is 0.642. The number of nitrogens with zero attached hydrogens (tertiary/aromatic N) is 3. The number of aromatic nitrogens is 1. The number of carbonyl (C=O) groups is 1. The Balaban J connectivity index is 1.70. The summed E-state index contributed by atoms with van der Waals surface area (Å²) >= 11 is 0. The fourth-order valence-electron chi connectivity index (χ4n) is 3.11. The van der Waals surface area contributed by atoms with E-state index < -0.39 is 11.6 Å². The van der Waals surface area contributed by atoms with E-state index in [9.17, 15) is 9.90 Å². The van der Waals surface area contributed by atoms with E-state index in [2.05, 4.69) is 11.1 Å². The van der Waals surface area contributed by atoms with E-state index in [4.69, 9.17) is 10.00 Å². The Labute approximate surface area is 165 Å². The van der Waals surface area contributed by atoms with Gasteiger partial charge in [-0.15, -0.1) is 0 Å². The van der Waals surface area contributed by atoms with E-state index in [0.29, 0.717) is 24.5 Å². The summed E-state index contributed by atoms with van der Waals surface area (Å²) in [5.41, 5.74) is 1.79. The van der Waals surface area contributed by atoms with Crippen LogP contribution in [0.2, 0.25) is 0 Å². The van der Waals surface area contributed by atoms with E-state index in [-0.39, 0.29) is 5.41 Å². The third-order valence-electron chi connectivity index (χ3n) is 5.07. The molecule has 0 saturated heterocycles. The van der Waals surface area contributed by atoms with Crippen molar-refractivity contribution >= 4 is 6.09 Å². The topological polar surface area (TPSA) is 86.5 Å². The molecular weight excluding hydrogens is 354 g/mol. The Kier molecular flexibility index (Phi) is 5.28. The Morgan fingerprint density at radius 2 is 2.04 bits per heavy atom. The largest absolute Gasteiger partial charge is 0.491 e. The summed E-state index contributed by atoms with van der Waals surface area (Å²) in [6.45, 7) is 6.63. The normalized spacial score (nSPS) is 14.8. The van der Waals surface area contributed by atoms with Crippen molar-refractivity contribution in [2.24, 2.45) is 5.41 Å². The molecule has 1 aliphatic rings. The first-order valence-corrected chi connectivity index (χ1v) is 9.31. The molecule has 1 aromatic carbocycles. The standard InChI is InChI=1S/C22H25N3O3/c1-21(2,3)25(20(26)27)14-22(7-8-22)15-28-19-10-18(12-24-13-19)17-6-4-5-16(9-17)11-23/h4-6,9-10,12-13H,7-8,14-15H2,1-3H3,(H,26,27). The van der Waals surface area contributed by atoms with Gasteiger partial charge in [0.05, 0.1) is 24.4 Å². The molecule has 0 aliphatic heterocycles. The highest BCUT2D eigenvalue weighted by molar-refractivity contribution is 5.66. The number of hydrogen-bond donors (Lipinski definition) is 1. The molecule has 1 aliphatic carbocycles. The number of nitriles is 1. The SMILES string of the molecule is CC(C)(C)N(CC1(COc2cncc(-c3cccc(C#N)c3)c2)CC1)C(=O)O. The van der Waals surface area contributed by atoms with Gasteiger partial charge < -0.3 is 14.7 Å². The quantitative estimate of drug-likeness (QED) is 0.795. The van der Waals surface area contributed by atoms with Crippen LogP contribution in [-0.2, 0) is 0 Å². The zero-order chi connectivity index (χ0) is 20.4. The average Bonchev–Trinajstić information content (AvgIpc) is 3.44. The summed E-state index contributed by atoms with van der Waals surface area (Å²) in [6.07, 6.45) is 4.39. The van der Waals surface area contributed by atoms with E-state index in [1.165, 1.54) is 4.90 Å². The van der Waals surface area contributed by atoms with Crippen molar-refractivity contribution < 1.29 is 14.6 Å². The van der Waals surface area contributed by atoms with Gasteiger partial charge in [0.25, 0.3) is 0 Å². The average molecular weight is 379 g/mol. The van der Waals surface area contributed by atoms with Crippen LogP contribution in [0.5, 0.6) is 5.75 Å². The summed E-state index contributed by atoms with van der Waals surface area (Å²) < 4.78 is 6.00. The summed E-state index contributed by atoms with van der Waals surface area (Å²) in [7, 11) is 0. The number of pyridine rings is 1.